The fourth-order valence-corrected chi connectivity index (χ4v) is 1.18. The van der Waals surface area contributed by atoms with Gasteiger partial charge in [0.25, 0.3) is 11.7 Å². The third-order valence-corrected chi connectivity index (χ3v) is 1.92. The van der Waals surface area contributed by atoms with E-state index in [2.05, 4.69) is 14.7 Å². The van der Waals surface area contributed by atoms with Crippen molar-refractivity contribution in [2.75, 3.05) is 5.73 Å². The van der Waals surface area contributed by atoms with Crippen LogP contribution in [0.3, 0.4) is 0 Å². The number of nitrogen functional groups attached to an aromatic ring is 1. The highest BCUT2D eigenvalue weighted by atomic mass is 19.4. The zero-order valence-electron chi connectivity index (χ0n) is 8.12. The van der Waals surface area contributed by atoms with Gasteiger partial charge >= 0.3 is 6.18 Å². The standard InChI is InChI=1S/C9H5F4N3O/c10-4-1-2-5(6(14)3-4)7-15-8(16-17-7)9(11,12)13/h1-3H,14H2. The second kappa shape index (κ2) is 3.72. The smallest absolute Gasteiger partial charge is 0.398 e. The zero-order valence-corrected chi connectivity index (χ0v) is 8.12. The van der Waals surface area contributed by atoms with Gasteiger partial charge in [0.1, 0.15) is 5.82 Å². The Labute approximate surface area is 92.0 Å². The van der Waals surface area contributed by atoms with Crippen LogP contribution >= 0.6 is 0 Å². The van der Waals surface area contributed by atoms with E-state index < -0.39 is 23.7 Å². The fraction of sp³-hybridized carbons (Fsp3) is 0.111. The first kappa shape index (κ1) is 11.4. The molecular weight excluding hydrogens is 242 g/mol. The van der Waals surface area contributed by atoms with Crippen LogP contribution in [0, 0.1) is 5.82 Å². The van der Waals surface area contributed by atoms with Crippen LogP contribution < -0.4 is 5.73 Å². The van der Waals surface area contributed by atoms with Crippen molar-refractivity contribution in [2.24, 2.45) is 0 Å². The molecule has 4 nitrogen and oxygen atoms in total. The summed E-state index contributed by atoms with van der Waals surface area (Å²) in [6, 6.07) is 3.15. The molecule has 0 bridgehead atoms. The second-order valence-electron chi connectivity index (χ2n) is 3.15. The van der Waals surface area contributed by atoms with Crippen molar-refractivity contribution in [3.05, 3.63) is 29.8 Å². The maximum Gasteiger partial charge on any atom is 0.455 e. The van der Waals surface area contributed by atoms with Gasteiger partial charge in [0.15, 0.2) is 0 Å². The minimum absolute atomic E-state index is 0.0504. The molecule has 1 aromatic carbocycles. The van der Waals surface area contributed by atoms with Crippen molar-refractivity contribution in [3.63, 3.8) is 0 Å². The summed E-state index contributed by atoms with van der Waals surface area (Å²) in [5.41, 5.74) is 5.39. The van der Waals surface area contributed by atoms with Gasteiger partial charge in [-0.1, -0.05) is 5.16 Å². The quantitative estimate of drug-likeness (QED) is 0.621. The van der Waals surface area contributed by atoms with E-state index in [1.165, 1.54) is 6.07 Å². The van der Waals surface area contributed by atoms with Crippen molar-refractivity contribution in [2.45, 2.75) is 6.18 Å². The Hall–Kier alpha value is -2.12. The zero-order chi connectivity index (χ0) is 12.6. The molecule has 0 aliphatic heterocycles. The SMILES string of the molecule is Nc1cc(F)ccc1-c1nc(C(F)(F)F)no1. The number of aromatic nitrogens is 2. The molecule has 8 heteroatoms. The highest BCUT2D eigenvalue weighted by Crippen LogP contribution is 2.30. The largest absolute Gasteiger partial charge is 0.455 e. The monoisotopic (exact) mass is 247 g/mol. The molecular formula is C9H5F4N3O. The summed E-state index contributed by atoms with van der Waals surface area (Å²) < 4.78 is 53.8. The number of nitrogens with zero attached hydrogens (tertiary/aromatic N) is 2. The molecule has 17 heavy (non-hydrogen) atoms. The van der Waals surface area contributed by atoms with Crippen LogP contribution in [0.5, 0.6) is 0 Å². The molecule has 0 aliphatic rings. The number of rotatable bonds is 1. The normalized spacial score (nSPS) is 11.8. The van der Waals surface area contributed by atoms with Crippen LogP contribution in [0.25, 0.3) is 11.5 Å². The van der Waals surface area contributed by atoms with Crippen LogP contribution in [-0.4, -0.2) is 10.1 Å². The van der Waals surface area contributed by atoms with E-state index in [9.17, 15) is 17.6 Å². The molecule has 0 atom stereocenters. The molecule has 0 aliphatic carbocycles. The predicted molar refractivity (Wildman–Crippen MR) is 49.1 cm³/mol. The Balaban J connectivity index is 2.44. The summed E-state index contributed by atoms with van der Waals surface area (Å²) in [5.74, 6) is -2.42. The lowest BCUT2D eigenvalue weighted by molar-refractivity contribution is -0.146. The summed E-state index contributed by atoms with van der Waals surface area (Å²) in [6.07, 6.45) is -4.70. The van der Waals surface area contributed by atoms with Crippen molar-refractivity contribution < 1.29 is 22.1 Å². The lowest BCUT2D eigenvalue weighted by atomic mass is 10.2. The predicted octanol–water partition coefficient (Wildman–Crippen LogP) is 2.48. The third kappa shape index (κ3) is 2.19. The van der Waals surface area contributed by atoms with Gasteiger partial charge in [0, 0.05) is 5.69 Å². The van der Waals surface area contributed by atoms with Gasteiger partial charge in [-0.2, -0.15) is 18.2 Å². The number of hydrogen-bond acceptors (Lipinski definition) is 4. The average Bonchev–Trinajstić information content (AvgIpc) is 2.65. The summed E-state index contributed by atoms with van der Waals surface area (Å²) >= 11 is 0. The van der Waals surface area contributed by atoms with Gasteiger partial charge in [-0.15, -0.1) is 0 Å². The summed E-state index contributed by atoms with van der Waals surface area (Å²) in [6.45, 7) is 0. The van der Waals surface area contributed by atoms with E-state index in [4.69, 9.17) is 5.73 Å². The molecule has 0 spiro atoms. The van der Waals surface area contributed by atoms with E-state index in [0.717, 1.165) is 12.1 Å². The van der Waals surface area contributed by atoms with Gasteiger partial charge in [0.2, 0.25) is 0 Å². The van der Waals surface area contributed by atoms with E-state index >= 15 is 0 Å². The lowest BCUT2D eigenvalue weighted by Gasteiger charge is -1.99. The van der Waals surface area contributed by atoms with E-state index in [1.807, 2.05) is 0 Å². The van der Waals surface area contributed by atoms with E-state index in [-0.39, 0.29) is 11.3 Å². The highest BCUT2D eigenvalue weighted by molar-refractivity contribution is 5.70. The molecule has 2 rings (SSSR count). The number of hydrogen-bond donors (Lipinski definition) is 1. The van der Waals surface area contributed by atoms with Crippen molar-refractivity contribution in [1.82, 2.24) is 10.1 Å². The first-order valence-corrected chi connectivity index (χ1v) is 4.34. The number of anilines is 1. The minimum atomic E-state index is -4.70. The Kier molecular flexibility index (Phi) is 2.49. The Morgan fingerprint density at radius 3 is 2.47 bits per heavy atom. The van der Waals surface area contributed by atoms with Crippen molar-refractivity contribution >= 4 is 5.69 Å². The van der Waals surface area contributed by atoms with E-state index in [0.29, 0.717) is 0 Å². The Morgan fingerprint density at radius 1 is 1.24 bits per heavy atom. The molecule has 0 amide bonds. The first-order valence-electron chi connectivity index (χ1n) is 4.34. The molecule has 2 N–H and O–H groups in total. The molecule has 0 fully saturated rings. The molecule has 1 heterocycles. The Bertz CT molecular complexity index is 549. The third-order valence-electron chi connectivity index (χ3n) is 1.92. The van der Waals surface area contributed by atoms with Gasteiger partial charge in [-0.3, -0.25) is 0 Å². The fourth-order valence-electron chi connectivity index (χ4n) is 1.18. The number of alkyl halides is 3. The minimum Gasteiger partial charge on any atom is -0.398 e. The molecule has 1 aromatic heterocycles. The summed E-state index contributed by atoms with van der Waals surface area (Å²) in [5, 5.41) is 2.77. The molecule has 0 saturated heterocycles. The summed E-state index contributed by atoms with van der Waals surface area (Å²) in [4.78, 5) is 3.14. The first-order chi connectivity index (χ1) is 7.88. The number of benzene rings is 1. The van der Waals surface area contributed by atoms with Crippen LogP contribution in [0.15, 0.2) is 22.7 Å². The van der Waals surface area contributed by atoms with Gasteiger partial charge in [-0.05, 0) is 18.2 Å². The topological polar surface area (TPSA) is 64.9 Å². The van der Waals surface area contributed by atoms with Crippen molar-refractivity contribution in [3.8, 4) is 11.5 Å². The van der Waals surface area contributed by atoms with Crippen molar-refractivity contribution in [1.29, 1.82) is 0 Å². The summed E-state index contributed by atoms with van der Waals surface area (Å²) in [7, 11) is 0. The second-order valence-corrected chi connectivity index (χ2v) is 3.15. The highest BCUT2D eigenvalue weighted by Gasteiger charge is 2.37. The Morgan fingerprint density at radius 2 is 1.94 bits per heavy atom. The van der Waals surface area contributed by atoms with Crippen LogP contribution in [0.2, 0.25) is 0 Å². The van der Waals surface area contributed by atoms with Crippen LogP contribution in [0.4, 0.5) is 23.2 Å². The maximum absolute atomic E-state index is 12.7. The van der Waals surface area contributed by atoms with Gasteiger partial charge in [-0.25, -0.2) is 4.39 Å². The molecule has 2 aromatic rings. The number of nitrogens with two attached hydrogens (primary N) is 1. The maximum atomic E-state index is 12.7. The molecule has 90 valence electrons. The average molecular weight is 247 g/mol. The van der Waals surface area contributed by atoms with Crippen LogP contribution in [0.1, 0.15) is 5.82 Å². The van der Waals surface area contributed by atoms with E-state index in [1.54, 1.807) is 0 Å². The number of halogens is 4. The molecule has 0 radical (unpaired) electrons. The van der Waals surface area contributed by atoms with Gasteiger partial charge in [0.05, 0.1) is 5.56 Å². The van der Waals surface area contributed by atoms with Crippen LogP contribution in [-0.2, 0) is 6.18 Å². The van der Waals surface area contributed by atoms with Gasteiger partial charge < -0.3 is 10.3 Å². The molecule has 0 unspecified atom stereocenters. The lowest BCUT2D eigenvalue weighted by Crippen LogP contribution is -2.07. The molecule has 0 saturated carbocycles.